The minimum Gasteiger partial charge on any atom is -0.481 e. The summed E-state index contributed by atoms with van der Waals surface area (Å²) in [7, 11) is 0. The van der Waals surface area contributed by atoms with Crippen molar-refractivity contribution in [3.8, 4) is 0 Å². The van der Waals surface area contributed by atoms with E-state index in [2.05, 4.69) is 0 Å². The van der Waals surface area contributed by atoms with Gasteiger partial charge in [-0.05, 0) is 31.2 Å². The highest BCUT2D eigenvalue weighted by Crippen LogP contribution is 2.29. The number of nitrogens with zero attached hydrogens (tertiary/aromatic N) is 1. The first-order chi connectivity index (χ1) is 9.45. The SMILES string of the molecule is O=C(O)CCCC(CO)Cc1c(Cl)cccc1[N+](=O)[O-]. The maximum atomic E-state index is 11.0. The van der Waals surface area contributed by atoms with E-state index >= 15 is 0 Å². The van der Waals surface area contributed by atoms with E-state index in [1.165, 1.54) is 12.1 Å². The van der Waals surface area contributed by atoms with Crippen molar-refractivity contribution in [3.05, 3.63) is 38.9 Å². The molecule has 1 aromatic rings. The van der Waals surface area contributed by atoms with E-state index in [0.717, 1.165) is 0 Å². The molecule has 0 bridgehead atoms. The summed E-state index contributed by atoms with van der Waals surface area (Å²) in [6.07, 6.45) is 1.16. The Morgan fingerprint density at radius 2 is 2.15 bits per heavy atom. The number of carboxylic acids is 1. The molecule has 0 aliphatic rings. The molecule has 110 valence electrons. The van der Waals surface area contributed by atoms with Gasteiger partial charge in [-0.2, -0.15) is 0 Å². The Morgan fingerprint density at radius 3 is 2.70 bits per heavy atom. The van der Waals surface area contributed by atoms with Gasteiger partial charge in [-0.15, -0.1) is 0 Å². The van der Waals surface area contributed by atoms with Gasteiger partial charge in [-0.25, -0.2) is 0 Å². The van der Waals surface area contributed by atoms with Crippen molar-refractivity contribution >= 4 is 23.3 Å². The third kappa shape index (κ3) is 4.79. The normalized spacial score (nSPS) is 12.1. The van der Waals surface area contributed by atoms with Gasteiger partial charge < -0.3 is 10.2 Å². The number of hydrogen-bond donors (Lipinski definition) is 2. The van der Waals surface area contributed by atoms with Gasteiger partial charge in [-0.3, -0.25) is 14.9 Å². The number of aliphatic hydroxyl groups excluding tert-OH is 1. The molecule has 1 unspecified atom stereocenters. The van der Waals surface area contributed by atoms with Crippen molar-refractivity contribution in [1.82, 2.24) is 0 Å². The zero-order chi connectivity index (χ0) is 15.1. The Labute approximate surface area is 121 Å². The molecule has 1 aromatic carbocycles. The molecule has 0 saturated heterocycles. The van der Waals surface area contributed by atoms with Gasteiger partial charge in [0.15, 0.2) is 0 Å². The summed E-state index contributed by atoms with van der Waals surface area (Å²) in [6, 6.07) is 4.44. The molecule has 0 aliphatic carbocycles. The van der Waals surface area contributed by atoms with Crippen LogP contribution in [0.4, 0.5) is 5.69 Å². The van der Waals surface area contributed by atoms with Crippen molar-refractivity contribution in [2.75, 3.05) is 6.61 Å². The summed E-state index contributed by atoms with van der Waals surface area (Å²) in [5.74, 6) is -1.14. The number of nitro groups is 1. The molecule has 0 amide bonds. The molecule has 0 radical (unpaired) electrons. The van der Waals surface area contributed by atoms with Crippen molar-refractivity contribution in [2.45, 2.75) is 25.7 Å². The number of rotatable bonds is 8. The molecule has 2 N–H and O–H groups in total. The molecule has 6 nitrogen and oxygen atoms in total. The first kappa shape index (κ1) is 16.4. The second kappa shape index (κ2) is 7.81. The first-order valence-electron chi connectivity index (χ1n) is 6.20. The van der Waals surface area contributed by atoms with E-state index in [4.69, 9.17) is 16.7 Å². The lowest BCUT2D eigenvalue weighted by Crippen LogP contribution is -2.12. The lowest BCUT2D eigenvalue weighted by Gasteiger charge is -2.14. The zero-order valence-electron chi connectivity index (χ0n) is 10.8. The summed E-state index contributed by atoms with van der Waals surface area (Å²) in [6.45, 7) is -0.165. The van der Waals surface area contributed by atoms with Crippen LogP contribution in [0.1, 0.15) is 24.8 Å². The molecule has 0 heterocycles. The summed E-state index contributed by atoms with van der Waals surface area (Å²) in [4.78, 5) is 20.9. The van der Waals surface area contributed by atoms with Crippen LogP contribution in [0.3, 0.4) is 0 Å². The average Bonchev–Trinajstić information content (AvgIpc) is 2.38. The lowest BCUT2D eigenvalue weighted by atomic mass is 9.94. The molecule has 7 heteroatoms. The zero-order valence-corrected chi connectivity index (χ0v) is 11.5. The summed E-state index contributed by atoms with van der Waals surface area (Å²) in [5.41, 5.74) is 0.308. The number of carbonyl (C=O) groups is 1. The highest BCUT2D eigenvalue weighted by molar-refractivity contribution is 6.31. The van der Waals surface area contributed by atoms with Crippen molar-refractivity contribution in [2.24, 2.45) is 5.92 Å². The van der Waals surface area contributed by atoms with E-state index in [1.54, 1.807) is 6.07 Å². The van der Waals surface area contributed by atoms with Crippen LogP contribution >= 0.6 is 11.6 Å². The quantitative estimate of drug-likeness (QED) is 0.568. The predicted molar refractivity (Wildman–Crippen MR) is 73.9 cm³/mol. The van der Waals surface area contributed by atoms with Gasteiger partial charge in [-0.1, -0.05) is 17.7 Å². The molecule has 0 saturated carbocycles. The number of halogens is 1. The topological polar surface area (TPSA) is 101 Å². The third-order valence-electron chi connectivity index (χ3n) is 3.04. The highest BCUT2D eigenvalue weighted by atomic mass is 35.5. The average molecular weight is 302 g/mol. The highest BCUT2D eigenvalue weighted by Gasteiger charge is 2.20. The van der Waals surface area contributed by atoms with Gasteiger partial charge >= 0.3 is 5.97 Å². The first-order valence-corrected chi connectivity index (χ1v) is 6.58. The number of carboxylic acid groups (broad SMARTS) is 1. The molecule has 1 atom stereocenters. The van der Waals surface area contributed by atoms with Crippen LogP contribution in [-0.4, -0.2) is 27.7 Å². The van der Waals surface area contributed by atoms with Gasteiger partial charge in [0.05, 0.1) is 9.95 Å². The standard InChI is InChI=1S/C13H16ClNO5/c14-11-4-2-5-12(15(19)20)10(11)7-9(8-16)3-1-6-13(17)18/h2,4-5,9,16H,1,3,6-8H2,(H,17,18). The third-order valence-corrected chi connectivity index (χ3v) is 3.40. The van der Waals surface area contributed by atoms with Crippen LogP contribution in [0.2, 0.25) is 5.02 Å². The Bertz CT molecular complexity index is 492. The van der Waals surface area contributed by atoms with Gasteiger partial charge in [0.25, 0.3) is 5.69 Å². The summed E-state index contributed by atoms with van der Waals surface area (Å²) >= 11 is 5.98. The molecule has 0 aliphatic heterocycles. The Balaban J connectivity index is 2.79. The minimum absolute atomic E-state index is 0.0150. The summed E-state index contributed by atoms with van der Waals surface area (Å²) < 4.78 is 0. The number of hydrogen-bond acceptors (Lipinski definition) is 4. The Hall–Kier alpha value is -1.66. The second-order valence-corrected chi connectivity index (χ2v) is 4.94. The Kier molecular flexibility index (Phi) is 6.41. The van der Waals surface area contributed by atoms with Gasteiger partial charge in [0, 0.05) is 24.7 Å². The van der Waals surface area contributed by atoms with E-state index in [9.17, 15) is 20.0 Å². The number of benzene rings is 1. The smallest absolute Gasteiger partial charge is 0.303 e. The fourth-order valence-corrected chi connectivity index (χ4v) is 2.26. The van der Waals surface area contributed by atoms with Gasteiger partial charge in [0.2, 0.25) is 0 Å². The van der Waals surface area contributed by atoms with Crippen LogP contribution in [-0.2, 0) is 11.2 Å². The molecule has 0 fully saturated rings. The monoisotopic (exact) mass is 301 g/mol. The van der Waals surface area contributed by atoms with Gasteiger partial charge in [0.1, 0.15) is 0 Å². The van der Waals surface area contributed by atoms with E-state index in [0.29, 0.717) is 18.4 Å². The Morgan fingerprint density at radius 1 is 1.45 bits per heavy atom. The minimum atomic E-state index is -0.898. The van der Waals surface area contributed by atoms with E-state index in [1.807, 2.05) is 0 Å². The molecular weight excluding hydrogens is 286 g/mol. The maximum absolute atomic E-state index is 11.0. The molecule has 0 spiro atoms. The van der Waals surface area contributed by atoms with E-state index in [-0.39, 0.29) is 36.1 Å². The maximum Gasteiger partial charge on any atom is 0.303 e. The fraction of sp³-hybridized carbons (Fsp3) is 0.462. The van der Waals surface area contributed by atoms with E-state index < -0.39 is 10.9 Å². The van der Waals surface area contributed by atoms with Crippen LogP contribution < -0.4 is 0 Å². The van der Waals surface area contributed by atoms with Crippen LogP contribution in [0.25, 0.3) is 0 Å². The summed E-state index contributed by atoms with van der Waals surface area (Å²) in [5, 5.41) is 29.1. The number of aliphatic carboxylic acids is 1. The van der Waals surface area contributed by atoms with Crippen LogP contribution in [0, 0.1) is 16.0 Å². The predicted octanol–water partition coefficient (Wildman–Crippen LogP) is 2.65. The van der Waals surface area contributed by atoms with Crippen molar-refractivity contribution in [3.63, 3.8) is 0 Å². The largest absolute Gasteiger partial charge is 0.481 e. The fourth-order valence-electron chi connectivity index (χ4n) is 2.01. The lowest BCUT2D eigenvalue weighted by molar-refractivity contribution is -0.385. The second-order valence-electron chi connectivity index (χ2n) is 4.53. The molecule has 0 aromatic heterocycles. The van der Waals surface area contributed by atoms with Crippen molar-refractivity contribution < 1.29 is 19.9 Å². The van der Waals surface area contributed by atoms with Crippen LogP contribution in [0.15, 0.2) is 18.2 Å². The number of nitro benzene ring substituents is 1. The van der Waals surface area contributed by atoms with Crippen LogP contribution in [0.5, 0.6) is 0 Å². The number of aliphatic hydroxyl groups is 1. The van der Waals surface area contributed by atoms with Crippen molar-refractivity contribution in [1.29, 1.82) is 0 Å². The molecule has 20 heavy (non-hydrogen) atoms. The molecular formula is C13H16ClNO5. The molecule has 1 rings (SSSR count).